The summed E-state index contributed by atoms with van der Waals surface area (Å²) in [5.41, 5.74) is 0.696. The molecule has 2 heterocycles. The Balaban J connectivity index is 2.27. The number of fused-ring (bicyclic) bond motifs is 1. The van der Waals surface area contributed by atoms with E-state index < -0.39 is 5.63 Å². The first-order valence-electron chi connectivity index (χ1n) is 5.35. The molecule has 0 radical (unpaired) electrons. The van der Waals surface area contributed by atoms with Crippen LogP contribution in [0, 0.1) is 0 Å². The van der Waals surface area contributed by atoms with Crippen molar-refractivity contribution >= 4 is 38.4 Å². The summed E-state index contributed by atoms with van der Waals surface area (Å²) in [7, 11) is 0. The molecule has 0 aliphatic rings. The molecular formula is C13H6BrClN2O2. The van der Waals surface area contributed by atoms with E-state index in [0.717, 1.165) is 4.47 Å². The molecule has 19 heavy (non-hydrogen) atoms. The van der Waals surface area contributed by atoms with Crippen molar-refractivity contribution in [3.8, 4) is 11.5 Å². The van der Waals surface area contributed by atoms with Crippen LogP contribution in [0.5, 0.6) is 0 Å². The normalized spacial score (nSPS) is 10.8. The standard InChI is InChI=1S/C13H6BrClN2O2/c14-8-3-7(5-16-6-8)12-17-11-2-1-9(15)4-10(11)13(18)19-12/h1-6H. The maximum Gasteiger partial charge on any atom is 0.347 e. The molecule has 3 aromatic rings. The SMILES string of the molecule is O=c1oc(-c2cncc(Br)c2)nc2ccc(Cl)cc12. The summed E-state index contributed by atoms with van der Waals surface area (Å²) < 4.78 is 5.98. The molecule has 0 aliphatic heterocycles. The summed E-state index contributed by atoms with van der Waals surface area (Å²) in [6.07, 6.45) is 3.22. The number of pyridine rings is 1. The predicted octanol–water partition coefficient (Wildman–Crippen LogP) is 3.67. The average Bonchev–Trinajstić information content (AvgIpc) is 2.39. The van der Waals surface area contributed by atoms with E-state index in [1.165, 1.54) is 0 Å². The number of hydrogen-bond acceptors (Lipinski definition) is 4. The first-order chi connectivity index (χ1) is 9.13. The van der Waals surface area contributed by atoms with Crippen molar-refractivity contribution in [1.29, 1.82) is 0 Å². The summed E-state index contributed by atoms with van der Waals surface area (Å²) >= 11 is 9.15. The van der Waals surface area contributed by atoms with E-state index >= 15 is 0 Å². The fourth-order valence-electron chi connectivity index (χ4n) is 1.70. The van der Waals surface area contributed by atoms with Crippen LogP contribution in [0.25, 0.3) is 22.4 Å². The lowest BCUT2D eigenvalue weighted by atomic mass is 10.2. The molecule has 0 amide bonds. The highest BCUT2D eigenvalue weighted by Crippen LogP contribution is 2.22. The van der Waals surface area contributed by atoms with Crippen molar-refractivity contribution in [2.24, 2.45) is 0 Å². The number of nitrogens with zero attached hydrogens (tertiary/aromatic N) is 2. The molecule has 0 spiro atoms. The minimum absolute atomic E-state index is 0.230. The Morgan fingerprint density at radius 2 is 2.05 bits per heavy atom. The van der Waals surface area contributed by atoms with Gasteiger partial charge in [0, 0.05) is 21.9 Å². The maximum atomic E-state index is 11.9. The van der Waals surface area contributed by atoms with Gasteiger partial charge in [-0.15, -0.1) is 0 Å². The third kappa shape index (κ3) is 2.39. The van der Waals surface area contributed by atoms with Crippen molar-refractivity contribution in [1.82, 2.24) is 9.97 Å². The van der Waals surface area contributed by atoms with E-state index in [1.807, 2.05) is 0 Å². The van der Waals surface area contributed by atoms with E-state index in [2.05, 4.69) is 25.9 Å². The molecule has 0 aliphatic carbocycles. The van der Waals surface area contributed by atoms with Crippen LogP contribution in [-0.2, 0) is 0 Å². The van der Waals surface area contributed by atoms with Gasteiger partial charge in [0.25, 0.3) is 0 Å². The van der Waals surface area contributed by atoms with Crippen LogP contribution < -0.4 is 5.63 Å². The second-order valence-electron chi connectivity index (χ2n) is 3.86. The Morgan fingerprint density at radius 3 is 2.84 bits per heavy atom. The van der Waals surface area contributed by atoms with Crippen LogP contribution >= 0.6 is 27.5 Å². The van der Waals surface area contributed by atoms with Gasteiger partial charge in [-0.25, -0.2) is 9.78 Å². The van der Waals surface area contributed by atoms with E-state index in [4.69, 9.17) is 16.0 Å². The first kappa shape index (κ1) is 12.3. The third-order valence-corrected chi connectivity index (χ3v) is 3.21. The number of benzene rings is 1. The van der Waals surface area contributed by atoms with Crippen molar-refractivity contribution in [2.75, 3.05) is 0 Å². The van der Waals surface area contributed by atoms with Crippen LogP contribution in [0.15, 0.2) is 50.3 Å². The van der Waals surface area contributed by atoms with Crippen LogP contribution in [0.2, 0.25) is 5.02 Å². The third-order valence-electron chi connectivity index (χ3n) is 2.54. The molecule has 0 N–H and O–H groups in total. The van der Waals surface area contributed by atoms with Crippen molar-refractivity contribution in [3.05, 3.63) is 56.6 Å². The summed E-state index contributed by atoms with van der Waals surface area (Å²) in [5.74, 6) is 0.230. The van der Waals surface area contributed by atoms with E-state index in [-0.39, 0.29) is 5.89 Å². The fourth-order valence-corrected chi connectivity index (χ4v) is 2.23. The lowest BCUT2D eigenvalue weighted by Gasteiger charge is -2.02. The van der Waals surface area contributed by atoms with Gasteiger partial charge >= 0.3 is 5.63 Å². The second-order valence-corrected chi connectivity index (χ2v) is 5.21. The zero-order valence-electron chi connectivity index (χ0n) is 9.43. The average molecular weight is 338 g/mol. The molecule has 0 fully saturated rings. The van der Waals surface area contributed by atoms with Crippen molar-refractivity contribution < 1.29 is 4.42 Å². The topological polar surface area (TPSA) is 56.0 Å². The summed E-state index contributed by atoms with van der Waals surface area (Å²) in [6.45, 7) is 0. The molecule has 0 bridgehead atoms. The highest BCUT2D eigenvalue weighted by molar-refractivity contribution is 9.10. The summed E-state index contributed by atoms with van der Waals surface area (Å²) in [6, 6.07) is 6.68. The molecule has 0 unspecified atom stereocenters. The summed E-state index contributed by atoms with van der Waals surface area (Å²) in [5, 5.41) is 0.831. The van der Waals surface area contributed by atoms with Gasteiger partial charge in [-0.3, -0.25) is 4.98 Å². The van der Waals surface area contributed by atoms with Crippen molar-refractivity contribution in [2.45, 2.75) is 0 Å². The molecule has 0 atom stereocenters. The minimum Gasteiger partial charge on any atom is -0.403 e. The Morgan fingerprint density at radius 1 is 1.21 bits per heavy atom. The molecule has 2 aromatic heterocycles. The monoisotopic (exact) mass is 336 g/mol. The summed E-state index contributed by atoms with van der Waals surface area (Å²) in [4.78, 5) is 20.2. The minimum atomic E-state index is -0.470. The number of halogens is 2. The van der Waals surface area contributed by atoms with Gasteiger partial charge in [0.05, 0.1) is 16.5 Å². The van der Waals surface area contributed by atoms with E-state index in [9.17, 15) is 4.79 Å². The lowest BCUT2D eigenvalue weighted by molar-refractivity contribution is 0.518. The number of rotatable bonds is 1. The predicted molar refractivity (Wildman–Crippen MR) is 76.2 cm³/mol. The largest absolute Gasteiger partial charge is 0.403 e. The van der Waals surface area contributed by atoms with Crippen LogP contribution in [0.4, 0.5) is 0 Å². The smallest absolute Gasteiger partial charge is 0.347 e. The molecule has 6 heteroatoms. The Bertz CT molecular complexity index is 832. The number of aromatic nitrogens is 2. The van der Waals surface area contributed by atoms with E-state index in [0.29, 0.717) is 21.5 Å². The van der Waals surface area contributed by atoms with Gasteiger partial charge in [-0.05, 0) is 40.2 Å². The molecule has 0 saturated carbocycles. The van der Waals surface area contributed by atoms with Crippen LogP contribution in [0.1, 0.15) is 0 Å². The molecule has 1 aromatic carbocycles. The fraction of sp³-hybridized carbons (Fsp3) is 0. The molecular weight excluding hydrogens is 332 g/mol. The van der Waals surface area contributed by atoms with Crippen molar-refractivity contribution in [3.63, 3.8) is 0 Å². The van der Waals surface area contributed by atoms with Crippen LogP contribution in [-0.4, -0.2) is 9.97 Å². The Labute approximate surface area is 121 Å². The van der Waals surface area contributed by atoms with Gasteiger partial charge in [-0.1, -0.05) is 11.6 Å². The molecule has 4 nitrogen and oxygen atoms in total. The highest BCUT2D eigenvalue weighted by Gasteiger charge is 2.09. The number of hydrogen-bond donors (Lipinski definition) is 0. The maximum absolute atomic E-state index is 11.9. The molecule has 94 valence electrons. The van der Waals surface area contributed by atoms with Crippen LogP contribution in [0.3, 0.4) is 0 Å². The van der Waals surface area contributed by atoms with Gasteiger partial charge in [0.1, 0.15) is 0 Å². The second kappa shape index (κ2) is 4.75. The van der Waals surface area contributed by atoms with E-state index in [1.54, 1.807) is 36.7 Å². The first-order valence-corrected chi connectivity index (χ1v) is 6.52. The zero-order chi connectivity index (χ0) is 13.4. The Kier molecular flexibility index (Phi) is 3.08. The molecule has 0 saturated heterocycles. The quantitative estimate of drug-likeness (QED) is 0.680. The Hall–Kier alpha value is -1.72. The van der Waals surface area contributed by atoms with Gasteiger partial charge in [0.2, 0.25) is 5.89 Å². The van der Waals surface area contributed by atoms with Gasteiger partial charge in [0.15, 0.2) is 0 Å². The highest BCUT2D eigenvalue weighted by atomic mass is 79.9. The zero-order valence-corrected chi connectivity index (χ0v) is 11.8. The lowest BCUT2D eigenvalue weighted by Crippen LogP contribution is -2.03. The van der Waals surface area contributed by atoms with Gasteiger partial charge < -0.3 is 4.42 Å². The van der Waals surface area contributed by atoms with Gasteiger partial charge in [-0.2, -0.15) is 0 Å². The molecule has 3 rings (SSSR count).